The first-order valence-electron chi connectivity index (χ1n) is 10.4. The molecule has 12 heteroatoms. The van der Waals surface area contributed by atoms with E-state index in [4.69, 9.17) is 4.74 Å². The Kier molecular flexibility index (Phi) is 6.51. The highest BCUT2D eigenvalue weighted by molar-refractivity contribution is 7.17. The largest absolute Gasteiger partial charge is 0.378 e. The molecule has 2 N–H and O–H groups in total. The van der Waals surface area contributed by atoms with E-state index in [2.05, 4.69) is 20.7 Å². The Morgan fingerprint density at radius 3 is 2.47 bits per heavy atom. The molecule has 4 rings (SSSR count). The van der Waals surface area contributed by atoms with Crippen LogP contribution in [0.4, 0.5) is 16.5 Å². The fourth-order valence-electron chi connectivity index (χ4n) is 3.76. The Morgan fingerprint density at radius 2 is 1.78 bits per heavy atom. The van der Waals surface area contributed by atoms with Crippen molar-refractivity contribution in [2.75, 3.05) is 49.2 Å². The van der Waals surface area contributed by atoms with Crippen LogP contribution < -0.4 is 20.7 Å². The number of benzene rings is 1. The van der Waals surface area contributed by atoms with Crippen LogP contribution in [0, 0.1) is 17.0 Å². The maximum atomic E-state index is 12.6. The van der Waals surface area contributed by atoms with Gasteiger partial charge in [-0.2, -0.15) is 0 Å². The molecule has 2 aromatic rings. The predicted octanol–water partition coefficient (Wildman–Crippen LogP) is 1.87. The van der Waals surface area contributed by atoms with Crippen molar-refractivity contribution in [2.24, 2.45) is 0 Å². The summed E-state index contributed by atoms with van der Waals surface area (Å²) >= 11 is 1.25. The van der Waals surface area contributed by atoms with Crippen LogP contribution in [-0.2, 0) is 4.74 Å². The average molecular weight is 461 g/mol. The zero-order valence-corrected chi connectivity index (χ0v) is 18.4. The topological polar surface area (TPSA) is 130 Å². The van der Waals surface area contributed by atoms with Gasteiger partial charge in [0.15, 0.2) is 5.13 Å². The van der Waals surface area contributed by atoms with Crippen molar-refractivity contribution in [3.8, 4) is 0 Å². The number of carbonyl (C=O) groups excluding carboxylic acids is 2. The van der Waals surface area contributed by atoms with Gasteiger partial charge < -0.3 is 14.5 Å². The van der Waals surface area contributed by atoms with Gasteiger partial charge in [-0.3, -0.25) is 30.6 Å². The second-order valence-electron chi connectivity index (χ2n) is 7.57. The molecule has 11 nitrogen and oxygen atoms in total. The van der Waals surface area contributed by atoms with E-state index in [-0.39, 0.29) is 11.3 Å². The minimum absolute atomic E-state index is 0.0926. The number of nitrogens with zero attached hydrogens (tertiary/aromatic N) is 4. The van der Waals surface area contributed by atoms with Crippen molar-refractivity contribution >= 4 is 39.7 Å². The van der Waals surface area contributed by atoms with Crippen LogP contribution >= 0.6 is 11.3 Å². The van der Waals surface area contributed by atoms with E-state index in [1.807, 2.05) is 4.90 Å². The number of anilines is 2. The smallest absolute Gasteiger partial charge is 0.293 e. The maximum Gasteiger partial charge on any atom is 0.293 e. The number of amides is 2. The minimum atomic E-state index is -0.634. The summed E-state index contributed by atoms with van der Waals surface area (Å²) in [6, 6.07) is 4.35. The highest BCUT2D eigenvalue weighted by atomic mass is 32.1. The van der Waals surface area contributed by atoms with E-state index >= 15 is 0 Å². The van der Waals surface area contributed by atoms with Crippen LogP contribution in [0.1, 0.15) is 38.6 Å². The summed E-state index contributed by atoms with van der Waals surface area (Å²) in [5, 5.41) is 12.3. The average Bonchev–Trinajstić information content (AvgIpc) is 3.47. The first-order chi connectivity index (χ1) is 15.4. The Hall–Kier alpha value is -3.25. The number of ether oxygens (including phenoxy) is 1. The predicted molar refractivity (Wildman–Crippen MR) is 119 cm³/mol. The molecule has 32 heavy (non-hydrogen) atoms. The fraction of sp³-hybridized carbons (Fsp3) is 0.450. The van der Waals surface area contributed by atoms with Gasteiger partial charge in [-0.25, -0.2) is 4.98 Å². The molecule has 2 saturated heterocycles. The van der Waals surface area contributed by atoms with E-state index in [0.29, 0.717) is 42.6 Å². The number of morpholine rings is 1. The second kappa shape index (κ2) is 9.49. The van der Waals surface area contributed by atoms with Crippen LogP contribution in [0.2, 0.25) is 0 Å². The molecule has 0 saturated carbocycles. The molecular formula is C20H24N6O5S. The van der Waals surface area contributed by atoms with Crippen molar-refractivity contribution in [3.63, 3.8) is 0 Å². The summed E-state index contributed by atoms with van der Waals surface area (Å²) in [5.41, 5.74) is 5.75. The number of aromatic nitrogens is 1. The van der Waals surface area contributed by atoms with Gasteiger partial charge in [0.05, 0.1) is 23.8 Å². The molecule has 0 radical (unpaired) electrons. The molecule has 2 fully saturated rings. The summed E-state index contributed by atoms with van der Waals surface area (Å²) in [7, 11) is 0. The Bertz CT molecular complexity index is 1030. The quantitative estimate of drug-likeness (QED) is 0.511. The third-order valence-electron chi connectivity index (χ3n) is 5.44. The van der Waals surface area contributed by atoms with Crippen molar-refractivity contribution < 1.29 is 19.2 Å². The molecule has 2 aliphatic heterocycles. The van der Waals surface area contributed by atoms with E-state index < -0.39 is 16.7 Å². The molecule has 0 spiro atoms. The molecule has 0 aliphatic carbocycles. The van der Waals surface area contributed by atoms with Gasteiger partial charge in [0.2, 0.25) is 0 Å². The van der Waals surface area contributed by atoms with Crippen LogP contribution in [0.5, 0.6) is 0 Å². The summed E-state index contributed by atoms with van der Waals surface area (Å²) in [6.07, 6.45) is 1.96. The lowest BCUT2D eigenvalue weighted by molar-refractivity contribution is -0.384. The van der Waals surface area contributed by atoms with Crippen LogP contribution in [0.3, 0.4) is 0 Å². The van der Waals surface area contributed by atoms with E-state index in [0.717, 1.165) is 31.1 Å². The number of hydrogen-bond acceptors (Lipinski definition) is 9. The lowest BCUT2D eigenvalue weighted by Gasteiger charge is -2.25. The maximum absolute atomic E-state index is 12.6. The van der Waals surface area contributed by atoms with Crippen LogP contribution in [-0.4, -0.2) is 61.1 Å². The van der Waals surface area contributed by atoms with Gasteiger partial charge >= 0.3 is 0 Å². The molecule has 1 aromatic heterocycles. The first kappa shape index (κ1) is 22.0. The second-order valence-corrected chi connectivity index (χ2v) is 8.55. The Labute approximate surface area is 188 Å². The van der Waals surface area contributed by atoms with Crippen molar-refractivity contribution in [1.82, 2.24) is 15.8 Å². The number of aryl methyl sites for hydroxylation is 1. The number of hydrogen-bond donors (Lipinski definition) is 2. The van der Waals surface area contributed by atoms with Gasteiger partial charge in [0, 0.05) is 37.8 Å². The zero-order chi connectivity index (χ0) is 22.7. The van der Waals surface area contributed by atoms with Crippen molar-refractivity contribution in [2.45, 2.75) is 19.8 Å². The fourth-order valence-corrected chi connectivity index (χ4v) is 4.78. The molecular weight excluding hydrogens is 436 g/mol. The third-order valence-corrected chi connectivity index (χ3v) is 6.66. The summed E-state index contributed by atoms with van der Waals surface area (Å²) in [4.78, 5) is 45.0. The Morgan fingerprint density at radius 1 is 1.09 bits per heavy atom. The first-order valence-corrected chi connectivity index (χ1v) is 11.2. The normalized spacial score (nSPS) is 16.2. The van der Waals surface area contributed by atoms with Crippen molar-refractivity contribution in [1.29, 1.82) is 0 Å². The standard InChI is InChI=1S/C20H24N6O5S/c1-13-17(32-20(21-13)25-8-10-31-11-9-25)19(28)23-22-18(27)14-4-5-15(16(12-14)26(29)30)24-6-2-3-7-24/h4-5,12H,2-3,6-11H2,1H3,(H,22,27)(H,23,28). The number of carbonyl (C=O) groups is 2. The SMILES string of the molecule is Cc1nc(N2CCOCC2)sc1C(=O)NNC(=O)c1ccc(N2CCCC2)c([N+](=O)[O-])c1. The van der Waals surface area contributed by atoms with Gasteiger partial charge in [0.1, 0.15) is 10.6 Å². The highest BCUT2D eigenvalue weighted by Gasteiger charge is 2.25. The molecule has 2 amide bonds. The third kappa shape index (κ3) is 4.65. The number of nitro groups is 1. The van der Waals surface area contributed by atoms with E-state index in [1.54, 1.807) is 13.0 Å². The molecule has 3 heterocycles. The van der Waals surface area contributed by atoms with E-state index in [1.165, 1.54) is 23.5 Å². The van der Waals surface area contributed by atoms with E-state index in [9.17, 15) is 19.7 Å². The monoisotopic (exact) mass is 460 g/mol. The van der Waals surface area contributed by atoms with Gasteiger partial charge in [-0.15, -0.1) is 0 Å². The molecule has 0 bridgehead atoms. The van der Waals surface area contributed by atoms with Gasteiger partial charge in [0.25, 0.3) is 17.5 Å². The molecule has 0 unspecified atom stereocenters. The van der Waals surface area contributed by atoms with Crippen LogP contribution in [0.25, 0.3) is 0 Å². The minimum Gasteiger partial charge on any atom is -0.378 e. The van der Waals surface area contributed by atoms with Gasteiger partial charge in [-0.05, 0) is 31.9 Å². The summed E-state index contributed by atoms with van der Waals surface area (Å²) < 4.78 is 5.34. The molecule has 170 valence electrons. The van der Waals surface area contributed by atoms with Gasteiger partial charge in [-0.1, -0.05) is 11.3 Å². The molecule has 1 aromatic carbocycles. The Balaban J connectivity index is 1.42. The molecule has 2 aliphatic rings. The highest BCUT2D eigenvalue weighted by Crippen LogP contribution is 2.31. The number of nitrogens with one attached hydrogen (secondary N) is 2. The molecule has 0 atom stereocenters. The lowest BCUT2D eigenvalue weighted by atomic mass is 10.1. The number of hydrazine groups is 1. The summed E-state index contributed by atoms with van der Waals surface area (Å²) in [5.74, 6) is -1.12. The zero-order valence-electron chi connectivity index (χ0n) is 17.6. The summed E-state index contributed by atoms with van der Waals surface area (Å²) in [6.45, 7) is 5.87. The van der Waals surface area contributed by atoms with Crippen molar-refractivity contribution in [3.05, 3.63) is 44.4 Å². The number of nitro benzene ring substituents is 1. The number of thiazole rings is 1. The van der Waals surface area contributed by atoms with Crippen LogP contribution in [0.15, 0.2) is 18.2 Å². The number of rotatable bonds is 5. The lowest BCUT2D eigenvalue weighted by Crippen LogP contribution is -2.41.